The maximum Gasteiger partial charge on any atom is 0.255 e. The molecule has 0 aliphatic heterocycles. The van der Waals surface area contributed by atoms with E-state index in [4.69, 9.17) is 9.47 Å². The molecule has 2 N–H and O–H groups in total. The van der Waals surface area contributed by atoms with Crippen LogP contribution in [-0.4, -0.2) is 38.3 Å². The first-order valence-electron chi connectivity index (χ1n) is 7.37. The van der Waals surface area contributed by atoms with Gasteiger partial charge >= 0.3 is 0 Å². The van der Waals surface area contributed by atoms with Gasteiger partial charge in [-0.1, -0.05) is 0 Å². The first kappa shape index (κ1) is 16.8. The molecule has 6 nitrogen and oxygen atoms in total. The van der Waals surface area contributed by atoms with Gasteiger partial charge in [0.2, 0.25) is 0 Å². The van der Waals surface area contributed by atoms with E-state index in [0.717, 1.165) is 18.7 Å². The van der Waals surface area contributed by atoms with E-state index in [2.05, 4.69) is 15.6 Å². The molecule has 0 aliphatic rings. The van der Waals surface area contributed by atoms with Crippen LogP contribution in [0.2, 0.25) is 0 Å². The highest BCUT2D eigenvalue weighted by Crippen LogP contribution is 2.16. The molecule has 6 heteroatoms. The number of pyridine rings is 1. The molecule has 1 aromatic carbocycles. The zero-order chi connectivity index (χ0) is 16.5. The SMILES string of the molecule is COCCCNc1cc(C(=O)Nc2ccc(OC)cc2)ccn1. The van der Waals surface area contributed by atoms with Gasteiger partial charge in [0.05, 0.1) is 7.11 Å². The number of methoxy groups -OCH3 is 2. The number of anilines is 2. The second kappa shape index (κ2) is 8.75. The summed E-state index contributed by atoms with van der Waals surface area (Å²) < 4.78 is 10.1. The lowest BCUT2D eigenvalue weighted by molar-refractivity contribution is 0.102. The van der Waals surface area contributed by atoms with E-state index in [1.807, 2.05) is 0 Å². The third kappa shape index (κ3) is 5.27. The van der Waals surface area contributed by atoms with E-state index in [0.29, 0.717) is 23.7 Å². The number of hydrogen-bond acceptors (Lipinski definition) is 5. The molecule has 1 amide bonds. The topological polar surface area (TPSA) is 72.5 Å². The van der Waals surface area contributed by atoms with Crippen LogP contribution in [0.5, 0.6) is 5.75 Å². The van der Waals surface area contributed by atoms with Crippen LogP contribution >= 0.6 is 0 Å². The molecule has 1 aromatic heterocycles. The van der Waals surface area contributed by atoms with E-state index in [-0.39, 0.29) is 5.91 Å². The van der Waals surface area contributed by atoms with Crippen molar-refractivity contribution in [3.8, 4) is 5.75 Å². The fraction of sp³-hybridized carbons (Fsp3) is 0.294. The fourth-order valence-corrected chi connectivity index (χ4v) is 1.98. The van der Waals surface area contributed by atoms with Gasteiger partial charge in [-0.2, -0.15) is 0 Å². The number of aromatic nitrogens is 1. The minimum atomic E-state index is -0.183. The Bertz CT molecular complexity index is 629. The van der Waals surface area contributed by atoms with E-state index < -0.39 is 0 Å². The van der Waals surface area contributed by atoms with E-state index >= 15 is 0 Å². The molecule has 0 atom stereocenters. The number of carbonyl (C=O) groups is 1. The van der Waals surface area contributed by atoms with Crippen LogP contribution in [0.4, 0.5) is 11.5 Å². The van der Waals surface area contributed by atoms with Gasteiger partial charge in [0.25, 0.3) is 5.91 Å². The molecule has 0 saturated heterocycles. The summed E-state index contributed by atoms with van der Waals surface area (Å²) in [4.78, 5) is 16.5. The second-order valence-corrected chi connectivity index (χ2v) is 4.89. The van der Waals surface area contributed by atoms with Crippen molar-refractivity contribution in [2.45, 2.75) is 6.42 Å². The fourth-order valence-electron chi connectivity index (χ4n) is 1.98. The van der Waals surface area contributed by atoms with Crippen LogP contribution in [0.3, 0.4) is 0 Å². The van der Waals surface area contributed by atoms with Gasteiger partial charge in [-0.05, 0) is 42.8 Å². The number of hydrogen-bond donors (Lipinski definition) is 2. The smallest absolute Gasteiger partial charge is 0.255 e. The molecule has 0 unspecified atom stereocenters. The Morgan fingerprint density at radius 2 is 1.96 bits per heavy atom. The Kier molecular flexibility index (Phi) is 6.38. The lowest BCUT2D eigenvalue weighted by Crippen LogP contribution is -2.13. The van der Waals surface area contributed by atoms with Gasteiger partial charge in [0, 0.05) is 37.7 Å². The Balaban J connectivity index is 1.95. The van der Waals surface area contributed by atoms with Crippen LogP contribution in [0.25, 0.3) is 0 Å². The van der Waals surface area contributed by atoms with Crippen molar-refractivity contribution in [3.63, 3.8) is 0 Å². The average molecular weight is 315 g/mol. The molecule has 122 valence electrons. The minimum Gasteiger partial charge on any atom is -0.497 e. The largest absolute Gasteiger partial charge is 0.497 e. The molecular weight excluding hydrogens is 294 g/mol. The molecule has 0 bridgehead atoms. The summed E-state index contributed by atoms with van der Waals surface area (Å²) in [6.45, 7) is 1.43. The molecule has 1 heterocycles. The van der Waals surface area contributed by atoms with Crippen LogP contribution in [-0.2, 0) is 4.74 Å². The number of benzene rings is 1. The number of ether oxygens (including phenoxy) is 2. The molecule has 0 aliphatic carbocycles. The first-order chi connectivity index (χ1) is 11.2. The summed E-state index contributed by atoms with van der Waals surface area (Å²) >= 11 is 0. The zero-order valence-corrected chi connectivity index (χ0v) is 13.3. The lowest BCUT2D eigenvalue weighted by atomic mass is 10.2. The lowest BCUT2D eigenvalue weighted by Gasteiger charge is -2.08. The molecule has 2 rings (SSSR count). The molecule has 2 aromatic rings. The Hall–Kier alpha value is -2.60. The monoisotopic (exact) mass is 315 g/mol. The summed E-state index contributed by atoms with van der Waals surface area (Å²) in [5, 5.41) is 6.01. The highest BCUT2D eigenvalue weighted by Gasteiger charge is 2.07. The summed E-state index contributed by atoms with van der Waals surface area (Å²) in [6, 6.07) is 10.6. The summed E-state index contributed by atoms with van der Waals surface area (Å²) in [7, 11) is 3.27. The third-order valence-corrected chi connectivity index (χ3v) is 3.20. The van der Waals surface area contributed by atoms with Gasteiger partial charge in [0.15, 0.2) is 0 Å². The van der Waals surface area contributed by atoms with Crippen molar-refractivity contribution >= 4 is 17.4 Å². The average Bonchev–Trinajstić information content (AvgIpc) is 2.60. The number of carbonyl (C=O) groups excluding carboxylic acids is 1. The van der Waals surface area contributed by atoms with Crippen LogP contribution in [0, 0.1) is 0 Å². The molecular formula is C17H21N3O3. The maximum absolute atomic E-state index is 12.3. The standard InChI is InChI=1S/C17H21N3O3/c1-22-11-3-9-18-16-12-13(8-10-19-16)17(21)20-14-4-6-15(23-2)7-5-14/h4-8,10,12H,3,9,11H2,1-2H3,(H,18,19)(H,20,21). The van der Waals surface area contributed by atoms with Crippen molar-refractivity contribution in [1.29, 1.82) is 0 Å². The predicted octanol–water partition coefficient (Wildman–Crippen LogP) is 2.79. The van der Waals surface area contributed by atoms with Crippen molar-refractivity contribution in [2.75, 3.05) is 38.0 Å². The molecule has 0 fully saturated rings. The van der Waals surface area contributed by atoms with Gasteiger partial charge in [-0.15, -0.1) is 0 Å². The van der Waals surface area contributed by atoms with Crippen LogP contribution in [0.15, 0.2) is 42.6 Å². The minimum absolute atomic E-state index is 0.183. The quantitative estimate of drug-likeness (QED) is 0.733. The predicted molar refractivity (Wildman–Crippen MR) is 90.2 cm³/mol. The number of amides is 1. The summed E-state index contributed by atoms with van der Waals surface area (Å²) in [5.74, 6) is 1.23. The van der Waals surface area contributed by atoms with Crippen molar-refractivity contribution < 1.29 is 14.3 Å². The number of nitrogens with zero attached hydrogens (tertiary/aromatic N) is 1. The molecule has 0 spiro atoms. The van der Waals surface area contributed by atoms with Crippen LogP contribution < -0.4 is 15.4 Å². The first-order valence-corrected chi connectivity index (χ1v) is 7.37. The van der Waals surface area contributed by atoms with E-state index in [9.17, 15) is 4.79 Å². The van der Waals surface area contributed by atoms with Gasteiger partial charge < -0.3 is 20.1 Å². The van der Waals surface area contributed by atoms with Gasteiger partial charge in [-0.25, -0.2) is 4.98 Å². The van der Waals surface area contributed by atoms with Gasteiger partial charge in [0.1, 0.15) is 11.6 Å². The Labute approximate surface area is 135 Å². The third-order valence-electron chi connectivity index (χ3n) is 3.20. The number of nitrogens with one attached hydrogen (secondary N) is 2. The van der Waals surface area contributed by atoms with Crippen molar-refractivity contribution in [1.82, 2.24) is 4.98 Å². The molecule has 23 heavy (non-hydrogen) atoms. The van der Waals surface area contributed by atoms with E-state index in [1.165, 1.54) is 0 Å². The highest BCUT2D eigenvalue weighted by atomic mass is 16.5. The summed E-state index contributed by atoms with van der Waals surface area (Å²) in [6.07, 6.45) is 2.49. The highest BCUT2D eigenvalue weighted by molar-refractivity contribution is 6.04. The Morgan fingerprint density at radius 3 is 2.65 bits per heavy atom. The summed E-state index contributed by atoms with van der Waals surface area (Å²) in [5.41, 5.74) is 1.26. The van der Waals surface area contributed by atoms with E-state index in [1.54, 1.807) is 56.8 Å². The molecule has 0 radical (unpaired) electrons. The second-order valence-electron chi connectivity index (χ2n) is 4.89. The Morgan fingerprint density at radius 1 is 1.17 bits per heavy atom. The number of rotatable bonds is 8. The van der Waals surface area contributed by atoms with Gasteiger partial charge in [-0.3, -0.25) is 4.79 Å². The zero-order valence-electron chi connectivity index (χ0n) is 13.3. The van der Waals surface area contributed by atoms with Crippen molar-refractivity contribution in [3.05, 3.63) is 48.2 Å². The maximum atomic E-state index is 12.3. The molecule has 0 saturated carbocycles. The van der Waals surface area contributed by atoms with Crippen LogP contribution in [0.1, 0.15) is 16.8 Å². The van der Waals surface area contributed by atoms with Crippen molar-refractivity contribution in [2.24, 2.45) is 0 Å². The normalized spacial score (nSPS) is 10.2.